The van der Waals surface area contributed by atoms with Crippen molar-refractivity contribution in [2.24, 2.45) is 0 Å². The van der Waals surface area contributed by atoms with Gasteiger partial charge in [0.1, 0.15) is 11.6 Å². The van der Waals surface area contributed by atoms with Crippen LogP contribution in [0.4, 0.5) is 0 Å². The number of H-pyrrole nitrogens is 2. The summed E-state index contributed by atoms with van der Waals surface area (Å²) < 4.78 is 30.9. The molecule has 10 heteroatoms. The molecule has 0 aliphatic rings. The van der Waals surface area contributed by atoms with E-state index in [4.69, 9.17) is 4.74 Å². The monoisotopic (exact) mass is 349 g/mol. The topological polar surface area (TPSA) is 121 Å². The van der Waals surface area contributed by atoms with Gasteiger partial charge in [-0.15, -0.1) is 0 Å². The number of nitrogens with one attached hydrogen (secondary N) is 2. The summed E-state index contributed by atoms with van der Waals surface area (Å²) >= 11 is 0. The van der Waals surface area contributed by atoms with Gasteiger partial charge < -0.3 is 9.72 Å². The summed E-state index contributed by atoms with van der Waals surface area (Å²) in [4.78, 5) is 19.0. The zero-order chi connectivity index (χ0) is 17.5. The maximum atomic E-state index is 12.2. The molecule has 2 heterocycles. The number of rotatable bonds is 4. The zero-order valence-electron chi connectivity index (χ0n) is 13.2. The molecule has 3 aromatic rings. The minimum Gasteiger partial charge on any atom is -0.496 e. The molecule has 0 aliphatic heterocycles. The molecular weight excluding hydrogens is 334 g/mol. The van der Waals surface area contributed by atoms with E-state index in [-0.39, 0.29) is 10.4 Å². The van der Waals surface area contributed by atoms with E-state index in [1.165, 1.54) is 39.5 Å². The molecule has 24 heavy (non-hydrogen) atoms. The Balaban J connectivity index is 2.17. The van der Waals surface area contributed by atoms with E-state index in [2.05, 4.69) is 20.2 Å². The van der Waals surface area contributed by atoms with E-state index in [1.807, 2.05) is 0 Å². The van der Waals surface area contributed by atoms with Crippen LogP contribution in [0.1, 0.15) is 0 Å². The van der Waals surface area contributed by atoms with Crippen molar-refractivity contribution in [3.05, 3.63) is 34.7 Å². The molecule has 2 aromatic heterocycles. The first kappa shape index (κ1) is 16.1. The average Bonchev–Trinajstić information content (AvgIpc) is 2.99. The number of aromatic amines is 2. The van der Waals surface area contributed by atoms with Crippen LogP contribution < -0.4 is 10.3 Å². The molecule has 0 spiro atoms. The Bertz CT molecular complexity index is 1070. The molecule has 0 bridgehead atoms. The third-order valence-corrected chi connectivity index (χ3v) is 5.32. The van der Waals surface area contributed by atoms with E-state index in [1.54, 1.807) is 6.07 Å². The van der Waals surface area contributed by atoms with Gasteiger partial charge in [-0.25, -0.2) is 22.8 Å². The van der Waals surface area contributed by atoms with Crippen LogP contribution in [0.15, 0.2) is 34.1 Å². The molecule has 0 radical (unpaired) electrons. The first-order chi connectivity index (χ1) is 11.3. The van der Waals surface area contributed by atoms with Crippen molar-refractivity contribution in [3.8, 4) is 17.1 Å². The van der Waals surface area contributed by atoms with Crippen LogP contribution >= 0.6 is 0 Å². The quantitative estimate of drug-likeness (QED) is 0.710. The van der Waals surface area contributed by atoms with Crippen molar-refractivity contribution in [3.63, 3.8) is 0 Å². The largest absolute Gasteiger partial charge is 0.496 e. The van der Waals surface area contributed by atoms with Gasteiger partial charge in [0.05, 0.1) is 29.3 Å². The van der Waals surface area contributed by atoms with Gasteiger partial charge >= 0.3 is 0 Å². The third kappa shape index (κ3) is 2.55. The summed E-state index contributed by atoms with van der Waals surface area (Å²) in [5.41, 5.74) is 0.805. The van der Waals surface area contributed by atoms with Crippen molar-refractivity contribution >= 4 is 21.1 Å². The summed E-state index contributed by atoms with van der Waals surface area (Å²) in [6.07, 6.45) is 1.45. The van der Waals surface area contributed by atoms with Crippen LogP contribution in [-0.4, -0.2) is 54.1 Å². The Morgan fingerprint density at radius 3 is 2.62 bits per heavy atom. The highest BCUT2D eigenvalue weighted by molar-refractivity contribution is 7.89. The van der Waals surface area contributed by atoms with Crippen LogP contribution in [0, 0.1) is 0 Å². The number of hydrogen-bond acceptors (Lipinski definition) is 6. The average molecular weight is 349 g/mol. The van der Waals surface area contributed by atoms with Crippen molar-refractivity contribution in [2.45, 2.75) is 4.90 Å². The SMILES string of the molecule is COc1cc(S(=O)(=O)N(C)C)ccc1-c1nc2c(=O)[nH]ncc2[nH]1. The van der Waals surface area contributed by atoms with Crippen molar-refractivity contribution in [1.82, 2.24) is 24.5 Å². The predicted octanol–water partition coefficient (Wildman–Crippen LogP) is 0.572. The van der Waals surface area contributed by atoms with E-state index in [0.717, 1.165) is 4.31 Å². The van der Waals surface area contributed by atoms with Gasteiger partial charge in [-0.1, -0.05) is 0 Å². The zero-order valence-corrected chi connectivity index (χ0v) is 14.0. The molecule has 0 unspecified atom stereocenters. The summed E-state index contributed by atoms with van der Waals surface area (Å²) in [6, 6.07) is 4.46. The molecule has 0 aliphatic carbocycles. The number of sulfonamides is 1. The molecular formula is C14H15N5O4S. The van der Waals surface area contributed by atoms with Gasteiger partial charge in [-0.2, -0.15) is 5.10 Å². The van der Waals surface area contributed by atoms with Crippen LogP contribution in [0.25, 0.3) is 22.4 Å². The molecule has 9 nitrogen and oxygen atoms in total. The number of nitrogens with zero attached hydrogens (tertiary/aromatic N) is 3. The van der Waals surface area contributed by atoms with Gasteiger partial charge in [-0.3, -0.25) is 4.79 Å². The van der Waals surface area contributed by atoms with Gasteiger partial charge in [0.25, 0.3) is 5.56 Å². The highest BCUT2D eigenvalue weighted by Crippen LogP contribution is 2.31. The number of aromatic nitrogens is 4. The van der Waals surface area contributed by atoms with Crippen LogP contribution in [-0.2, 0) is 10.0 Å². The molecule has 126 valence electrons. The Morgan fingerprint density at radius 1 is 1.25 bits per heavy atom. The van der Waals surface area contributed by atoms with Crippen LogP contribution in [0.5, 0.6) is 5.75 Å². The molecule has 0 saturated carbocycles. The van der Waals surface area contributed by atoms with Gasteiger partial charge in [0.2, 0.25) is 10.0 Å². The summed E-state index contributed by atoms with van der Waals surface area (Å²) in [6.45, 7) is 0. The number of benzene rings is 1. The van der Waals surface area contributed by atoms with Gasteiger partial charge in [0.15, 0.2) is 5.52 Å². The maximum Gasteiger partial charge on any atom is 0.292 e. The number of hydrogen-bond donors (Lipinski definition) is 2. The van der Waals surface area contributed by atoms with Crippen LogP contribution in [0.2, 0.25) is 0 Å². The lowest BCUT2D eigenvalue weighted by Crippen LogP contribution is -2.22. The van der Waals surface area contributed by atoms with E-state index < -0.39 is 15.6 Å². The second kappa shape index (κ2) is 5.73. The number of fused-ring (bicyclic) bond motifs is 1. The maximum absolute atomic E-state index is 12.2. The molecule has 0 fully saturated rings. The Labute approximate surface area is 137 Å². The second-order valence-electron chi connectivity index (χ2n) is 5.20. The lowest BCUT2D eigenvalue weighted by Gasteiger charge is -2.13. The predicted molar refractivity (Wildman–Crippen MR) is 87.4 cm³/mol. The summed E-state index contributed by atoms with van der Waals surface area (Å²) in [5, 5.41) is 6.01. The first-order valence-corrected chi connectivity index (χ1v) is 8.33. The first-order valence-electron chi connectivity index (χ1n) is 6.89. The molecule has 2 N–H and O–H groups in total. The summed E-state index contributed by atoms with van der Waals surface area (Å²) in [7, 11) is 0.756. The van der Waals surface area contributed by atoms with E-state index in [9.17, 15) is 13.2 Å². The minimum atomic E-state index is -3.58. The van der Waals surface area contributed by atoms with Crippen molar-refractivity contribution < 1.29 is 13.2 Å². The fourth-order valence-electron chi connectivity index (χ4n) is 2.23. The Kier molecular flexibility index (Phi) is 3.85. The fraction of sp³-hybridized carbons (Fsp3) is 0.214. The molecule has 3 rings (SSSR count). The van der Waals surface area contributed by atoms with E-state index >= 15 is 0 Å². The van der Waals surface area contributed by atoms with Crippen molar-refractivity contribution in [1.29, 1.82) is 0 Å². The lowest BCUT2D eigenvalue weighted by atomic mass is 10.2. The molecule has 0 amide bonds. The number of methoxy groups -OCH3 is 1. The van der Waals surface area contributed by atoms with Gasteiger partial charge in [-0.05, 0) is 12.1 Å². The van der Waals surface area contributed by atoms with Crippen LogP contribution in [0.3, 0.4) is 0 Å². The Morgan fingerprint density at radius 2 is 2.00 bits per heavy atom. The third-order valence-electron chi connectivity index (χ3n) is 3.51. The molecule has 0 saturated heterocycles. The lowest BCUT2D eigenvalue weighted by molar-refractivity contribution is 0.414. The standard InChI is InChI=1S/C14H15N5O4S/c1-19(2)24(21,22)8-4-5-9(11(6-8)23-3)13-16-10-7-15-18-14(20)12(10)17-13/h4-7H,1-3H3,(H,16,17)(H,18,20). The minimum absolute atomic E-state index is 0.101. The van der Waals surface area contributed by atoms with Gasteiger partial charge in [0, 0.05) is 20.2 Å². The normalized spacial score (nSPS) is 12.0. The highest BCUT2D eigenvalue weighted by Gasteiger charge is 2.20. The second-order valence-corrected chi connectivity index (χ2v) is 7.35. The number of imidazole rings is 1. The highest BCUT2D eigenvalue weighted by atomic mass is 32.2. The van der Waals surface area contributed by atoms with E-state index in [0.29, 0.717) is 22.7 Å². The number of ether oxygens (including phenoxy) is 1. The van der Waals surface area contributed by atoms with Crippen molar-refractivity contribution in [2.75, 3.05) is 21.2 Å². The molecule has 1 aromatic carbocycles. The summed E-state index contributed by atoms with van der Waals surface area (Å²) in [5.74, 6) is 0.704. The fourth-order valence-corrected chi connectivity index (χ4v) is 3.15. The Hall–Kier alpha value is -2.72. The molecule has 0 atom stereocenters. The smallest absolute Gasteiger partial charge is 0.292 e.